The summed E-state index contributed by atoms with van der Waals surface area (Å²) < 4.78 is 7.67. The highest BCUT2D eigenvalue weighted by atomic mass is 16.3. The van der Waals surface area contributed by atoms with Crippen LogP contribution in [0.3, 0.4) is 0 Å². The maximum Gasteiger partial charge on any atom is 0.220 e. The van der Waals surface area contributed by atoms with Crippen molar-refractivity contribution in [1.82, 2.24) is 15.1 Å². The van der Waals surface area contributed by atoms with E-state index in [2.05, 4.69) is 10.4 Å². The van der Waals surface area contributed by atoms with Crippen molar-refractivity contribution in [3.63, 3.8) is 0 Å². The fourth-order valence-corrected chi connectivity index (χ4v) is 3.02. The number of aromatic nitrogens is 2. The van der Waals surface area contributed by atoms with Crippen LogP contribution in [0.15, 0.2) is 34.7 Å². The molecule has 0 radical (unpaired) electrons. The second kappa shape index (κ2) is 6.51. The third-order valence-corrected chi connectivity index (χ3v) is 4.51. The van der Waals surface area contributed by atoms with E-state index in [1.807, 2.05) is 62.8 Å². The van der Waals surface area contributed by atoms with Gasteiger partial charge in [-0.15, -0.1) is 0 Å². The molecule has 3 aromatic rings. The molecule has 126 valence electrons. The van der Waals surface area contributed by atoms with Gasteiger partial charge in [-0.3, -0.25) is 9.48 Å². The second-order valence-electron chi connectivity index (χ2n) is 6.25. The van der Waals surface area contributed by atoms with Crippen LogP contribution in [0.5, 0.6) is 0 Å². The number of hydrogen-bond donors (Lipinski definition) is 1. The molecule has 0 saturated carbocycles. The summed E-state index contributed by atoms with van der Waals surface area (Å²) >= 11 is 0. The molecule has 0 bridgehead atoms. The van der Waals surface area contributed by atoms with Crippen LogP contribution in [-0.2, 0) is 18.3 Å². The first-order chi connectivity index (χ1) is 11.5. The Kier molecular flexibility index (Phi) is 4.42. The number of carbonyl (C=O) groups excluding carboxylic acids is 1. The van der Waals surface area contributed by atoms with Crippen LogP contribution < -0.4 is 5.32 Å². The van der Waals surface area contributed by atoms with Crippen molar-refractivity contribution in [3.8, 4) is 0 Å². The molecule has 5 heteroatoms. The highest BCUT2D eigenvalue weighted by Crippen LogP contribution is 2.23. The van der Waals surface area contributed by atoms with E-state index in [-0.39, 0.29) is 11.9 Å². The zero-order valence-corrected chi connectivity index (χ0v) is 14.6. The average molecular weight is 325 g/mol. The van der Waals surface area contributed by atoms with Crippen molar-refractivity contribution < 1.29 is 9.21 Å². The van der Waals surface area contributed by atoms with Gasteiger partial charge in [-0.05, 0) is 44.9 Å². The van der Waals surface area contributed by atoms with Gasteiger partial charge in [-0.25, -0.2) is 0 Å². The number of fused-ring (bicyclic) bond motifs is 1. The highest BCUT2D eigenvalue weighted by molar-refractivity contribution is 5.79. The van der Waals surface area contributed by atoms with Crippen LogP contribution in [0.1, 0.15) is 42.1 Å². The lowest BCUT2D eigenvalue weighted by molar-refractivity contribution is -0.121. The number of amides is 1. The molecule has 5 nitrogen and oxygen atoms in total. The van der Waals surface area contributed by atoms with Gasteiger partial charge in [0.15, 0.2) is 0 Å². The summed E-state index contributed by atoms with van der Waals surface area (Å²) in [4.78, 5) is 12.3. The van der Waals surface area contributed by atoms with E-state index >= 15 is 0 Å². The lowest BCUT2D eigenvalue weighted by Gasteiger charge is -2.11. The van der Waals surface area contributed by atoms with E-state index < -0.39 is 0 Å². The van der Waals surface area contributed by atoms with Crippen molar-refractivity contribution in [3.05, 3.63) is 53.0 Å². The number of carbonyl (C=O) groups is 1. The topological polar surface area (TPSA) is 60.1 Å². The number of nitrogens with zero attached hydrogens (tertiary/aromatic N) is 2. The van der Waals surface area contributed by atoms with Gasteiger partial charge in [-0.1, -0.05) is 18.2 Å². The maximum atomic E-state index is 12.3. The fourth-order valence-electron chi connectivity index (χ4n) is 3.02. The molecule has 0 spiro atoms. The summed E-state index contributed by atoms with van der Waals surface area (Å²) in [6.45, 7) is 5.96. The Hall–Kier alpha value is -2.56. The van der Waals surface area contributed by atoms with E-state index in [9.17, 15) is 4.79 Å². The molecule has 24 heavy (non-hydrogen) atoms. The minimum absolute atomic E-state index is 0.0191. The largest absolute Gasteiger partial charge is 0.459 e. The van der Waals surface area contributed by atoms with Crippen molar-refractivity contribution in [1.29, 1.82) is 0 Å². The number of nitrogens with one attached hydrogen (secondary N) is 1. The van der Waals surface area contributed by atoms with Crippen molar-refractivity contribution in [2.45, 2.75) is 39.7 Å². The molecule has 1 aromatic carbocycles. The molecule has 2 heterocycles. The number of rotatable bonds is 5. The van der Waals surface area contributed by atoms with Gasteiger partial charge in [0.2, 0.25) is 5.91 Å². The van der Waals surface area contributed by atoms with Gasteiger partial charge >= 0.3 is 0 Å². The summed E-state index contributed by atoms with van der Waals surface area (Å²) in [6.07, 6.45) is 1.14. The van der Waals surface area contributed by atoms with Crippen molar-refractivity contribution in [2.75, 3.05) is 0 Å². The van der Waals surface area contributed by atoms with E-state index in [1.165, 1.54) is 0 Å². The first-order valence-electron chi connectivity index (χ1n) is 8.22. The quantitative estimate of drug-likeness (QED) is 0.780. The number of para-hydroxylation sites is 1. The minimum atomic E-state index is -0.152. The maximum absolute atomic E-state index is 12.3. The smallest absolute Gasteiger partial charge is 0.220 e. The van der Waals surface area contributed by atoms with Crippen LogP contribution in [0, 0.1) is 13.8 Å². The Morgan fingerprint density at radius 1 is 1.33 bits per heavy atom. The summed E-state index contributed by atoms with van der Waals surface area (Å²) in [5.41, 5.74) is 4.11. The highest BCUT2D eigenvalue weighted by Gasteiger charge is 2.16. The summed E-state index contributed by atoms with van der Waals surface area (Å²) in [5.74, 6) is 0.795. The van der Waals surface area contributed by atoms with Crippen LogP contribution in [0.4, 0.5) is 0 Å². The third-order valence-electron chi connectivity index (χ3n) is 4.51. The Morgan fingerprint density at radius 2 is 2.08 bits per heavy atom. The number of benzene rings is 1. The zero-order valence-electron chi connectivity index (χ0n) is 14.6. The molecule has 1 atom stereocenters. The molecule has 0 aliphatic heterocycles. The molecular formula is C19H23N3O2. The van der Waals surface area contributed by atoms with E-state index in [0.717, 1.165) is 33.7 Å². The number of furan rings is 1. The standard InChI is InChI=1S/C19H23N3O2/c1-12-16(14(3)22(4)21-12)9-10-19(23)20-13(2)18-11-15-7-5-6-8-17(15)24-18/h5-8,11,13H,9-10H2,1-4H3,(H,20,23). The molecule has 0 aliphatic rings. The van der Waals surface area contributed by atoms with Crippen LogP contribution >= 0.6 is 0 Å². The Balaban J connectivity index is 1.61. The predicted octanol–water partition coefficient (Wildman–Crippen LogP) is 3.59. The predicted molar refractivity (Wildman–Crippen MR) is 93.8 cm³/mol. The van der Waals surface area contributed by atoms with Gasteiger partial charge in [0.1, 0.15) is 11.3 Å². The van der Waals surface area contributed by atoms with E-state index in [0.29, 0.717) is 12.8 Å². The minimum Gasteiger partial charge on any atom is -0.459 e. The molecule has 3 rings (SSSR count). The molecule has 0 saturated heterocycles. The zero-order chi connectivity index (χ0) is 17.3. The summed E-state index contributed by atoms with van der Waals surface area (Å²) in [7, 11) is 1.93. The van der Waals surface area contributed by atoms with Gasteiger partial charge in [0.25, 0.3) is 0 Å². The Bertz CT molecular complexity index is 843. The van der Waals surface area contributed by atoms with E-state index in [1.54, 1.807) is 0 Å². The first-order valence-corrected chi connectivity index (χ1v) is 8.22. The van der Waals surface area contributed by atoms with Gasteiger partial charge in [0, 0.05) is 24.5 Å². The lowest BCUT2D eigenvalue weighted by atomic mass is 10.1. The molecule has 1 amide bonds. The van der Waals surface area contributed by atoms with Crippen LogP contribution in [0.25, 0.3) is 11.0 Å². The molecule has 1 unspecified atom stereocenters. The molecular weight excluding hydrogens is 302 g/mol. The lowest BCUT2D eigenvalue weighted by Crippen LogP contribution is -2.26. The van der Waals surface area contributed by atoms with Crippen LogP contribution in [-0.4, -0.2) is 15.7 Å². The van der Waals surface area contributed by atoms with Crippen molar-refractivity contribution in [2.24, 2.45) is 7.05 Å². The first kappa shape index (κ1) is 16.3. The molecule has 0 aliphatic carbocycles. The second-order valence-corrected chi connectivity index (χ2v) is 6.25. The van der Waals surface area contributed by atoms with Crippen LogP contribution in [0.2, 0.25) is 0 Å². The van der Waals surface area contributed by atoms with Gasteiger partial charge < -0.3 is 9.73 Å². The SMILES string of the molecule is Cc1nn(C)c(C)c1CCC(=O)NC(C)c1cc2ccccc2o1. The summed E-state index contributed by atoms with van der Waals surface area (Å²) in [6, 6.07) is 9.68. The van der Waals surface area contributed by atoms with Gasteiger partial charge in [0.05, 0.1) is 11.7 Å². The Morgan fingerprint density at radius 3 is 2.75 bits per heavy atom. The summed E-state index contributed by atoms with van der Waals surface area (Å²) in [5, 5.41) is 8.46. The molecule has 1 N–H and O–H groups in total. The normalized spacial score (nSPS) is 12.5. The third kappa shape index (κ3) is 3.20. The number of aryl methyl sites for hydroxylation is 2. The molecule has 0 fully saturated rings. The molecule has 2 aromatic heterocycles. The average Bonchev–Trinajstić information content (AvgIpc) is 3.08. The van der Waals surface area contributed by atoms with Gasteiger partial charge in [-0.2, -0.15) is 5.10 Å². The Labute approximate surface area is 141 Å². The van der Waals surface area contributed by atoms with E-state index in [4.69, 9.17) is 4.42 Å². The van der Waals surface area contributed by atoms with Crippen molar-refractivity contribution >= 4 is 16.9 Å². The monoisotopic (exact) mass is 325 g/mol. The fraction of sp³-hybridized carbons (Fsp3) is 0.368. The number of hydrogen-bond acceptors (Lipinski definition) is 3.